The minimum Gasteiger partial charge on any atom is -0.497 e. The number of hydrogen-bond donors (Lipinski definition) is 1. The van der Waals surface area contributed by atoms with Crippen molar-refractivity contribution in [3.05, 3.63) is 66.5 Å². The molecule has 0 aliphatic heterocycles. The topological polar surface area (TPSA) is 87.5 Å². The maximum absolute atomic E-state index is 12.6. The van der Waals surface area contributed by atoms with Gasteiger partial charge in [-0.3, -0.25) is 9.36 Å². The number of nitrogens with zero attached hydrogens (tertiary/aromatic N) is 3. The summed E-state index contributed by atoms with van der Waals surface area (Å²) in [5, 5.41) is 12.1. The number of allylic oxidation sites excluding steroid dienone is 1. The van der Waals surface area contributed by atoms with E-state index < -0.39 is 0 Å². The number of nitrogens with one attached hydrogen (secondary N) is 1. The number of aromatic nitrogens is 3. The minimum absolute atomic E-state index is 0.142. The van der Waals surface area contributed by atoms with Crippen LogP contribution >= 0.6 is 11.8 Å². The second kappa shape index (κ2) is 12.1. The van der Waals surface area contributed by atoms with E-state index in [1.165, 1.54) is 17.3 Å². The smallest absolute Gasteiger partial charge is 0.234 e. The highest BCUT2D eigenvalue weighted by molar-refractivity contribution is 7.99. The van der Waals surface area contributed by atoms with Gasteiger partial charge in [-0.25, -0.2) is 0 Å². The Balaban J connectivity index is 1.68. The molecule has 0 aliphatic rings. The molecule has 0 saturated heterocycles. The Kier molecular flexibility index (Phi) is 8.98. The maximum Gasteiger partial charge on any atom is 0.234 e. The van der Waals surface area contributed by atoms with E-state index in [-0.39, 0.29) is 17.8 Å². The van der Waals surface area contributed by atoms with Crippen molar-refractivity contribution in [2.24, 2.45) is 0 Å². The first-order valence-corrected chi connectivity index (χ1v) is 11.9. The normalized spacial score (nSPS) is 11.5. The van der Waals surface area contributed by atoms with Crippen molar-refractivity contribution in [3.63, 3.8) is 0 Å². The first-order valence-electron chi connectivity index (χ1n) is 10.9. The fourth-order valence-electron chi connectivity index (χ4n) is 3.30. The summed E-state index contributed by atoms with van der Waals surface area (Å²) >= 11 is 1.29. The molecule has 9 heteroatoms. The summed E-state index contributed by atoms with van der Waals surface area (Å²) in [6.45, 7) is 8.37. The van der Waals surface area contributed by atoms with Crippen molar-refractivity contribution in [3.8, 4) is 17.2 Å². The van der Waals surface area contributed by atoms with Crippen molar-refractivity contribution >= 4 is 23.4 Å². The summed E-state index contributed by atoms with van der Waals surface area (Å²) in [7, 11) is 3.12. The highest BCUT2D eigenvalue weighted by Crippen LogP contribution is 2.30. The van der Waals surface area contributed by atoms with Crippen molar-refractivity contribution in [2.75, 3.05) is 25.3 Å². The Morgan fingerprint density at radius 1 is 1.15 bits per heavy atom. The van der Waals surface area contributed by atoms with Gasteiger partial charge in [-0.05, 0) is 43.2 Å². The third kappa shape index (κ3) is 6.32. The Hall–Kier alpha value is -3.46. The molecular weight excluding hydrogens is 452 g/mol. The monoisotopic (exact) mass is 482 g/mol. The number of anilines is 1. The van der Waals surface area contributed by atoms with E-state index >= 15 is 0 Å². The van der Waals surface area contributed by atoms with Gasteiger partial charge in [0, 0.05) is 12.6 Å². The van der Waals surface area contributed by atoms with Gasteiger partial charge in [0.25, 0.3) is 0 Å². The van der Waals surface area contributed by atoms with Crippen LogP contribution in [0.2, 0.25) is 0 Å². The molecular formula is C25H30N4O4S. The van der Waals surface area contributed by atoms with E-state index in [2.05, 4.69) is 29.0 Å². The summed E-state index contributed by atoms with van der Waals surface area (Å²) in [5.41, 5.74) is 1.79. The average Bonchev–Trinajstić information content (AvgIpc) is 3.26. The van der Waals surface area contributed by atoms with Crippen LogP contribution in [-0.4, -0.2) is 40.6 Å². The van der Waals surface area contributed by atoms with Gasteiger partial charge in [0.05, 0.1) is 25.7 Å². The molecule has 1 heterocycles. The second-order valence-electron chi connectivity index (χ2n) is 7.40. The van der Waals surface area contributed by atoms with E-state index in [1.807, 2.05) is 35.8 Å². The quantitative estimate of drug-likeness (QED) is 0.290. The van der Waals surface area contributed by atoms with Gasteiger partial charge < -0.3 is 19.5 Å². The lowest BCUT2D eigenvalue weighted by Crippen LogP contribution is -2.16. The van der Waals surface area contributed by atoms with Gasteiger partial charge >= 0.3 is 0 Å². The van der Waals surface area contributed by atoms with E-state index in [9.17, 15) is 4.79 Å². The third-order valence-electron chi connectivity index (χ3n) is 5.08. The number of rotatable bonds is 12. The van der Waals surface area contributed by atoms with Crippen molar-refractivity contribution in [2.45, 2.75) is 38.1 Å². The van der Waals surface area contributed by atoms with Gasteiger partial charge in [0.1, 0.15) is 17.2 Å². The van der Waals surface area contributed by atoms with Crippen LogP contribution in [0.5, 0.6) is 17.2 Å². The van der Waals surface area contributed by atoms with Crippen LogP contribution in [0.15, 0.2) is 60.3 Å². The number of thioether (sulfide) groups is 1. The number of ether oxygens (including phenoxy) is 3. The van der Waals surface area contributed by atoms with E-state index in [4.69, 9.17) is 14.2 Å². The predicted molar refractivity (Wildman–Crippen MR) is 134 cm³/mol. The van der Waals surface area contributed by atoms with Crippen molar-refractivity contribution in [1.82, 2.24) is 14.8 Å². The highest BCUT2D eigenvalue weighted by atomic mass is 32.2. The van der Waals surface area contributed by atoms with Gasteiger partial charge in [-0.2, -0.15) is 0 Å². The number of methoxy groups -OCH3 is 2. The average molecular weight is 483 g/mol. The fraction of sp³-hybridized carbons (Fsp3) is 0.320. The first kappa shape index (κ1) is 25.2. The summed E-state index contributed by atoms with van der Waals surface area (Å²) in [6, 6.07) is 13.2. The van der Waals surface area contributed by atoms with Gasteiger partial charge in [-0.1, -0.05) is 36.9 Å². The standard InChI is InChI=1S/C25H30N4O4S/c1-6-14-29-24(17(3)33-19-10-8-18(7-2)9-11-19)27-28-25(29)34-16-23(30)26-21-15-20(31-4)12-13-22(21)32-5/h6,8-13,15,17H,1,7,14,16H2,2-5H3,(H,26,30). The molecule has 1 amide bonds. The molecule has 3 rings (SSSR count). The molecule has 8 nitrogen and oxygen atoms in total. The Labute approximate surface area is 204 Å². The first-order chi connectivity index (χ1) is 16.5. The molecule has 0 bridgehead atoms. The Morgan fingerprint density at radius 3 is 2.53 bits per heavy atom. The number of carbonyl (C=O) groups is 1. The molecule has 2 aromatic carbocycles. The van der Waals surface area contributed by atoms with Gasteiger partial charge in [-0.15, -0.1) is 16.8 Å². The zero-order valence-corrected chi connectivity index (χ0v) is 20.7. The lowest BCUT2D eigenvalue weighted by atomic mass is 10.2. The zero-order chi connectivity index (χ0) is 24.5. The third-order valence-corrected chi connectivity index (χ3v) is 6.05. The molecule has 1 unspecified atom stereocenters. The van der Waals surface area contributed by atoms with Crippen LogP contribution in [0.1, 0.15) is 31.3 Å². The molecule has 34 heavy (non-hydrogen) atoms. The molecule has 0 spiro atoms. The number of aryl methyl sites for hydroxylation is 1. The molecule has 0 aliphatic carbocycles. The molecule has 1 atom stereocenters. The van der Waals surface area contributed by atoms with Crippen LogP contribution in [0, 0.1) is 0 Å². The number of carbonyl (C=O) groups excluding carboxylic acids is 1. The largest absolute Gasteiger partial charge is 0.497 e. The highest BCUT2D eigenvalue weighted by Gasteiger charge is 2.20. The van der Waals surface area contributed by atoms with E-state index in [0.29, 0.717) is 34.7 Å². The van der Waals surface area contributed by atoms with Crippen LogP contribution in [0.25, 0.3) is 0 Å². The van der Waals surface area contributed by atoms with Gasteiger partial charge in [0.2, 0.25) is 5.91 Å². The number of amides is 1. The van der Waals surface area contributed by atoms with Crippen LogP contribution in [0.4, 0.5) is 5.69 Å². The van der Waals surface area contributed by atoms with Crippen LogP contribution < -0.4 is 19.5 Å². The Bertz CT molecular complexity index is 1110. The molecule has 1 aromatic heterocycles. The number of hydrogen-bond acceptors (Lipinski definition) is 7. The molecule has 0 radical (unpaired) electrons. The maximum atomic E-state index is 12.6. The SMILES string of the molecule is C=CCn1c(SCC(=O)Nc2cc(OC)ccc2OC)nnc1C(C)Oc1ccc(CC)cc1. The lowest BCUT2D eigenvalue weighted by molar-refractivity contribution is -0.113. The second-order valence-corrected chi connectivity index (χ2v) is 8.34. The Morgan fingerprint density at radius 2 is 1.88 bits per heavy atom. The molecule has 0 saturated carbocycles. The van der Waals surface area contributed by atoms with Crippen LogP contribution in [-0.2, 0) is 17.8 Å². The zero-order valence-electron chi connectivity index (χ0n) is 19.9. The van der Waals surface area contributed by atoms with E-state index in [1.54, 1.807) is 38.5 Å². The molecule has 3 aromatic rings. The van der Waals surface area contributed by atoms with E-state index in [0.717, 1.165) is 12.2 Å². The number of benzene rings is 2. The lowest BCUT2D eigenvalue weighted by Gasteiger charge is -2.16. The van der Waals surface area contributed by atoms with Crippen LogP contribution in [0.3, 0.4) is 0 Å². The molecule has 180 valence electrons. The molecule has 0 fully saturated rings. The summed E-state index contributed by atoms with van der Waals surface area (Å²) < 4.78 is 18.5. The summed E-state index contributed by atoms with van der Waals surface area (Å²) in [6.07, 6.45) is 2.41. The minimum atomic E-state index is -0.329. The predicted octanol–water partition coefficient (Wildman–Crippen LogP) is 4.91. The van der Waals surface area contributed by atoms with Crippen molar-refractivity contribution in [1.29, 1.82) is 0 Å². The summed E-state index contributed by atoms with van der Waals surface area (Å²) in [5.74, 6) is 2.54. The van der Waals surface area contributed by atoms with Gasteiger partial charge in [0.15, 0.2) is 17.1 Å². The van der Waals surface area contributed by atoms with Crippen molar-refractivity contribution < 1.29 is 19.0 Å². The fourth-order valence-corrected chi connectivity index (χ4v) is 4.05. The molecule has 1 N–H and O–H groups in total. The summed E-state index contributed by atoms with van der Waals surface area (Å²) in [4.78, 5) is 12.6.